The summed E-state index contributed by atoms with van der Waals surface area (Å²) in [6.07, 6.45) is 3.02. The van der Waals surface area contributed by atoms with E-state index in [1.165, 1.54) is 12.1 Å². The first-order valence-electron chi connectivity index (χ1n) is 9.51. The molecule has 1 N–H and O–H groups in total. The largest absolute Gasteiger partial charge is 0.493 e. The fraction of sp³-hybridized carbons (Fsp3) is 0.273. The monoisotopic (exact) mass is 395 g/mol. The number of para-hydroxylation sites is 1. The lowest BCUT2D eigenvalue weighted by atomic mass is 10.0. The summed E-state index contributed by atoms with van der Waals surface area (Å²) in [6.45, 7) is 0.733. The number of rotatable bonds is 5. The van der Waals surface area contributed by atoms with Crippen LogP contribution in [-0.4, -0.2) is 29.4 Å². The predicted molar refractivity (Wildman–Crippen MR) is 106 cm³/mol. The van der Waals surface area contributed by atoms with Crippen molar-refractivity contribution in [2.45, 2.75) is 25.5 Å². The quantitative estimate of drug-likeness (QED) is 0.714. The molecule has 0 spiro atoms. The number of nitrogens with one attached hydrogen (secondary N) is 1. The highest BCUT2D eigenvalue weighted by Gasteiger charge is 2.25. The Kier molecular flexibility index (Phi) is 5.57. The summed E-state index contributed by atoms with van der Waals surface area (Å²) < 4.78 is 26.3. The van der Waals surface area contributed by atoms with Gasteiger partial charge in [-0.25, -0.2) is 9.07 Å². The molecule has 7 heteroatoms. The second-order valence-corrected chi connectivity index (χ2v) is 6.88. The van der Waals surface area contributed by atoms with Crippen LogP contribution in [0.25, 0.3) is 5.69 Å². The fourth-order valence-electron chi connectivity index (χ4n) is 3.56. The summed E-state index contributed by atoms with van der Waals surface area (Å²) >= 11 is 0. The first kappa shape index (κ1) is 19.1. The first-order valence-corrected chi connectivity index (χ1v) is 9.51. The number of fused-ring (bicyclic) bond motifs is 1. The molecule has 4 rings (SSSR count). The zero-order valence-corrected chi connectivity index (χ0v) is 16.1. The topological polar surface area (TPSA) is 65.4 Å². The SMILES string of the molecule is COCc1c(C(=O)NC2CCCOc3cc(F)ccc32)cnn1-c1ccccc1. The lowest BCUT2D eigenvalue weighted by molar-refractivity contribution is 0.0929. The van der Waals surface area contributed by atoms with Gasteiger partial charge in [0, 0.05) is 18.7 Å². The van der Waals surface area contributed by atoms with Crippen molar-refractivity contribution in [3.63, 3.8) is 0 Å². The molecule has 0 bridgehead atoms. The molecular weight excluding hydrogens is 373 g/mol. The number of carbonyl (C=O) groups is 1. The highest BCUT2D eigenvalue weighted by molar-refractivity contribution is 5.95. The van der Waals surface area contributed by atoms with Crippen LogP contribution in [0.1, 0.15) is 40.5 Å². The molecule has 0 saturated carbocycles. The predicted octanol–water partition coefficient (Wildman–Crippen LogP) is 3.80. The minimum atomic E-state index is -0.359. The maximum atomic E-state index is 13.6. The molecule has 150 valence electrons. The van der Waals surface area contributed by atoms with Crippen molar-refractivity contribution in [1.29, 1.82) is 0 Å². The zero-order chi connectivity index (χ0) is 20.2. The summed E-state index contributed by atoms with van der Waals surface area (Å²) in [5, 5.41) is 7.46. The molecule has 1 unspecified atom stereocenters. The Morgan fingerprint density at radius 1 is 1.31 bits per heavy atom. The van der Waals surface area contributed by atoms with Crippen LogP contribution in [0, 0.1) is 5.82 Å². The first-order chi connectivity index (χ1) is 14.2. The Hall–Kier alpha value is -3.19. The summed E-state index contributed by atoms with van der Waals surface area (Å²) in [5.74, 6) is -0.131. The van der Waals surface area contributed by atoms with E-state index < -0.39 is 0 Å². The molecule has 1 aromatic heterocycles. The van der Waals surface area contributed by atoms with E-state index in [2.05, 4.69) is 10.4 Å². The number of nitrogens with zero attached hydrogens (tertiary/aromatic N) is 2. The van der Waals surface area contributed by atoms with Gasteiger partial charge in [0.05, 0.1) is 42.4 Å². The summed E-state index contributed by atoms with van der Waals surface area (Å²) in [4.78, 5) is 13.1. The Bertz CT molecular complexity index is 1000. The molecule has 1 atom stereocenters. The molecule has 6 nitrogen and oxygen atoms in total. The molecule has 0 radical (unpaired) electrons. The van der Waals surface area contributed by atoms with Crippen molar-refractivity contribution < 1.29 is 18.7 Å². The van der Waals surface area contributed by atoms with Gasteiger partial charge in [-0.2, -0.15) is 5.10 Å². The molecule has 29 heavy (non-hydrogen) atoms. The van der Waals surface area contributed by atoms with Gasteiger partial charge in [-0.1, -0.05) is 24.3 Å². The Labute approximate surface area is 168 Å². The maximum Gasteiger partial charge on any atom is 0.255 e. The second kappa shape index (κ2) is 8.45. The number of hydrogen-bond donors (Lipinski definition) is 1. The van der Waals surface area contributed by atoms with E-state index in [-0.39, 0.29) is 24.4 Å². The lowest BCUT2D eigenvalue weighted by Gasteiger charge is -2.18. The average Bonchev–Trinajstić information content (AvgIpc) is 3.05. The zero-order valence-electron chi connectivity index (χ0n) is 16.1. The van der Waals surface area contributed by atoms with Crippen molar-refractivity contribution in [3.8, 4) is 11.4 Å². The standard InChI is InChI=1S/C22H22FN3O3/c1-28-14-20-18(13-24-26(20)16-6-3-2-4-7-16)22(27)25-19-8-5-11-29-21-12-15(23)9-10-17(19)21/h2-4,6-7,9-10,12-13,19H,5,8,11,14H2,1H3,(H,25,27). The van der Waals surface area contributed by atoms with Crippen LogP contribution in [0.5, 0.6) is 5.75 Å². The summed E-state index contributed by atoms with van der Waals surface area (Å²) in [5.41, 5.74) is 2.74. The van der Waals surface area contributed by atoms with Crippen LogP contribution >= 0.6 is 0 Å². The number of amides is 1. The van der Waals surface area contributed by atoms with Gasteiger partial charge >= 0.3 is 0 Å². The third-order valence-electron chi connectivity index (χ3n) is 4.95. The smallest absolute Gasteiger partial charge is 0.255 e. The molecule has 0 aliphatic carbocycles. The highest BCUT2D eigenvalue weighted by Crippen LogP contribution is 2.32. The van der Waals surface area contributed by atoms with Crippen LogP contribution in [0.2, 0.25) is 0 Å². The van der Waals surface area contributed by atoms with Crippen LogP contribution in [0.3, 0.4) is 0 Å². The van der Waals surface area contributed by atoms with Gasteiger partial charge in [0.25, 0.3) is 5.91 Å². The van der Waals surface area contributed by atoms with E-state index in [1.54, 1.807) is 24.1 Å². The highest BCUT2D eigenvalue weighted by atomic mass is 19.1. The van der Waals surface area contributed by atoms with Crippen LogP contribution < -0.4 is 10.1 Å². The molecule has 3 aromatic rings. The van der Waals surface area contributed by atoms with E-state index in [1.807, 2.05) is 30.3 Å². The molecule has 1 amide bonds. The van der Waals surface area contributed by atoms with Gasteiger partial charge < -0.3 is 14.8 Å². The van der Waals surface area contributed by atoms with Gasteiger partial charge in [0.2, 0.25) is 0 Å². The number of aromatic nitrogens is 2. The molecule has 0 saturated heterocycles. The van der Waals surface area contributed by atoms with E-state index in [9.17, 15) is 9.18 Å². The van der Waals surface area contributed by atoms with Gasteiger partial charge in [-0.3, -0.25) is 4.79 Å². The minimum absolute atomic E-state index is 0.243. The average molecular weight is 395 g/mol. The van der Waals surface area contributed by atoms with E-state index in [0.29, 0.717) is 30.0 Å². The van der Waals surface area contributed by atoms with E-state index in [0.717, 1.165) is 17.7 Å². The summed E-state index contributed by atoms with van der Waals surface area (Å²) in [6, 6.07) is 13.7. The van der Waals surface area contributed by atoms with E-state index in [4.69, 9.17) is 9.47 Å². The van der Waals surface area contributed by atoms with Crippen molar-refractivity contribution >= 4 is 5.91 Å². The molecule has 1 aliphatic rings. The Balaban J connectivity index is 1.63. The third-order valence-corrected chi connectivity index (χ3v) is 4.95. The molecule has 2 aromatic carbocycles. The molecule has 0 fully saturated rings. The third kappa shape index (κ3) is 4.00. The summed E-state index contributed by atoms with van der Waals surface area (Å²) in [7, 11) is 1.58. The van der Waals surface area contributed by atoms with Crippen LogP contribution in [0.15, 0.2) is 54.7 Å². The van der Waals surface area contributed by atoms with Crippen molar-refractivity contribution in [2.24, 2.45) is 0 Å². The van der Waals surface area contributed by atoms with Crippen LogP contribution in [-0.2, 0) is 11.3 Å². The lowest BCUT2D eigenvalue weighted by Crippen LogP contribution is -2.29. The maximum absolute atomic E-state index is 13.6. The van der Waals surface area contributed by atoms with Gasteiger partial charge in [-0.05, 0) is 31.0 Å². The number of benzene rings is 2. The number of halogens is 1. The molecule has 1 aliphatic heterocycles. The minimum Gasteiger partial charge on any atom is -0.493 e. The van der Waals surface area contributed by atoms with Crippen LogP contribution in [0.4, 0.5) is 4.39 Å². The molecule has 2 heterocycles. The number of carbonyl (C=O) groups excluding carboxylic acids is 1. The van der Waals surface area contributed by atoms with Gasteiger partial charge in [0.1, 0.15) is 11.6 Å². The second-order valence-electron chi connectivity index (χ2n) is 6.88. The van der Waals surface area contributed by atoms with E-state index >= 15 is 0 Å². The van der Waals surface area contributed by atoms with Crippen molar-refractivity contribution in [2.75, 3.05) is 13.7 Å². The fourth-order valence-corrected chi connectivity index (χ4v) is 3.56. The van der Waals surface area contributed by atoms with Gasteiger partial charge in [0.15, 0.2) is 0 Å². The van der Waals surface area contributed by atoms with Crippen molar-refractivity contribution in [1.82, 2.24) is 15.1 Å². The molecular formula is C22H22FN3O3. The number of methoxy groups -OCH3 is 1. The number of ether oxygens (including phenoxy) is 2. The van der Waals surface area contributed by atoms with Crippen molar-refractivity contribution in [3.05, 3.63) is 77.4 Å². The number of hydrogen-bond acceptors (Lipinski definition) is 4. The Morgan fingerprint density at radius 3 is 2.93 bits per heavy atom. The normalized spacial score (nSPS) is 15.9. The Morgan fingerprint density at radius 2 is 2.14 bits per heavy atom. The van der Waals surface area contributed by atoms with Gasteiger partial charge in [-0.15, -0.1) is 0 Å².